The lowest BCUT2D eigenvalue weighted by atomic mass is 10.0. The van der Waals surface area contributed by atoms with Crippen LogP contribution in [-0.2, 0) is 4.79 Å². The van der Waals surface area contributed by atoms with E-state index in [2.05, 4.69) is 47.2 Å². The van der Waals surface area contributed by atoms with Crippen molar-refractivity contribution in [1.29, 1.82) is 0 Å². The second-order valence-electron chi connectivity index (χ2n) is 5.72. The third kappa shape index (κ3) is 3.14. The number of nitrogens with zero attached hydrogens (tertiary/aromatic N) is 4. The van der Waals surface area contributed by atoms with Crippen LogP contribution in [0.2, 0.25) is 0 Å². The molecule has 7 heteroatoms. The number of aryl methyl sites for hydroxylation is 3. The molecule has 1 aliphatic rings. The highest BCUT2D eigenvalue weighted by Gasteiger charge is 2.32. The standard InChI is InChI=1S/C17H18N4OS2/c1-9-6-7-13(8-10(9)2)11(3)14-15(22)21(5)17(24-14)18-16-20-19-12(4)23-16/h6-8H,1-5H3/b14-11-,18-17+. The highest BCUT2D eigenvalue weighted by molar-refractivity contribution is 8.18. The maximum absolute atomic E-state index is 12.6. The van der Waals surface area contributed by atoms with E-state index in [-0.39, 0.29) is 5.91 Å². The number of amides is 1. The Kier molecular flexibility index (Phi) is 4.56. The Hall–Kier alpha value is -1.99. The fourth-order valence-electron chi connectivity index (χ4n) is 2.30. The fraction of sp³-hybridized carbons (Fsp3) is 0.294. The molecule has 24 heavy (non-hydrogen) atoms. The number of aromatic nitrogens is 2. The summed E-state index contributed by atoms with van der Waals surface area (Å²) in [5, 5.41) is 10.0. The van der Waals surface area contributed by atoms with E-state index < -0.39 is 0 Å². The first-order chi connectivity index (χ1) is 11.4. The Labute approximate surface area is 149 Å². The zero-order valence-electron chi connectivity index (χ0n) is 14.2. The third-order valence-electron chi connectivity index (χ3n) is 3.97. The fourth-order valence-corrected chi connectivity index (χ4v) is 3.94. The Morgan fingerprint density at radius 2 is 1.92 bits per heavy atom. The van der Waals surface area contributed by atoms with Crippen LogP contribution in [0.5, 0.6) is 0 Å². The van der Waals surface area contributed by atoms with Gasteiger partial charge in [0.2, 0.25) is 5.13 Å². The summed E-state index contributed by atoms with van der Waals surface area (Å²) >= 11 is 2.80. The first-order valence-electron chi connectivity index (χ1n) is 7.50. The highest BCUT2D eigenvalue weighted by Crippen LogP contribution is 2.37. The zero-order valence-corrected chi connectivity index (χ0v) is 15.9. The summed E-state index contributed by atoms with van der Waals surface area (Å²) < 4.78 is 0. The third-order valence-corrected chi connectivity index (χ3v) is 5.93. The SMILES string of the molecule is C/C(=C1/S/C(=N/c2nnc(C)s2)N(C)C1=O)c1ccc(C)c(C)c1. The summed E-state index contributed by atoms with van der Waals surface area (Å²) in [5.41, 5.74) is 4.50. The summed E-state index contributed by atoms with van der Waals surface area (Å²) in [5.74, 6) is -0.0317. The lowest BCUT2D eigenvalue weighted by Gasteiger charge is -2.08. The minimum absolute atomic E-state index is 0.0317. The monoisotopic (exact) mass is 358 g/mol. The maximum Gasteiger partial charge on any atom is 0.266 e. The van der Waals surface area contributed by atoms with Crippen molar-refractivity contribution in [1.82, 2.24) is 15.1 Å². The number of carbonyl (C=O) groups is 1. The van der Waals surface area contributed by atoms with Crippen LogP contribution >= 0.6 is 23.1 Å². The minimum Gasteiger partial charge on any atom is -0.289 e. The van der Waals surface area contributed by atoms with Gasteiger partial charge >= 0.3 is 0 Å². The van der Waals surface area contributed by atoms with E-state index in [0.29, 0.717) is 15.2 Å². The van der Waals surface area contributed by atoms with E-state index >= 15 is 0 Å². The molecule has 0 bridgehead atoms. The van der Waals surface area contributed by atoms with Crippen LogP contribution in [-0.4, -0.2) is 33.2 Å². The van der Waals surface area contributed by atoms with Gasteiger partial charge in [-0.1, -0.05) is 29.5 Å². The van der Waals surface area contributed by atoms with Crippen molar-refractivity contribution in [2.24, 2.45) is 4.99 Å². The van der Waals surface area contributed by atoms with Crippen molar-refractivity contribution in [3.05, 3.63) is 44.8 Å². The van der Waals surface area contributed by atoms with Crippen LogP contribution in [0.25, 0.3) is 5.57 Å². The van der Waals surface area contributed by atoms with E-state index in [1.807, 2.05) is 13.8 Å². The summed E-state index contributed by atoms with van der Waals surface area (Å²) in [7, 11) is 1.74. The summed E-state index contributed by atoms with van der Waals surface area (Å²) in [6.45, 7) is 8.03. The molecule has 5 nitrogen and oxygen atoms in total. The summed E-state index contributed by atoms with van der Waals surface area (Å²) in [6, 6.07) is 6.26. The van der Waals surface area contributed by atoms with E-state index in [0.717, 1.165) is 16.1 Å². The van der Waals surface area contributed by atoms with Crippen molar-refractivity contribution in [3.63, 3.8) is 0 Å². The molecule has 0 spiro atoms. The van der Waals surface area contributed by atoms with E-state index in [9.17, 15) is 4.79 Å². The average Bonchev–Trinajstić information content (AvgIpc) is 3.08. The van der Waals surface area contributed by atoms with Gasteiger partial charge in [-0.25, -0.2) is 0 Å². The number of benzene rings is 1. The molecule has 1 saturated heterocycles. The van der Waals surface area contributed by atoms with Gasteiger partial charge in [0.05, 0.1) is 4.91 Å². The number of allylic oxidation sites excluding steroid dienone is 1. The molecule has 1 aromatic heterocycles. The molecule has 0 N–H and O–H groups in total. The minimum atomic E-state index is -0.0317. The number of hydrogen-bond donors (Lipinski definition) is 0. The molecule has 0 radical (unpaired) electrons. The van der Waals surface area contributed by atoms with E-state index in [1.54, 1.807) is 11.9 Å². The molecule has 124 valence electrons. The van der Waals surface area contributed by atoms with E-state index in [4.69, 9.17) is 0 Å². The molecule has 2 aromatic rings. The molecule has 0 unspecified atom stereocenters. The Morgan fingerprint density at radius 3 is 2.54 bits per heavy atom. The normalized spacial score (nSPS) is 18.6. The van der Waals surface area contributed by atoms with Gasteiger partial charge in [0.25, 0.3) is 5.91 Å². The number of carbonyl (C=O) groups excluding carboxylic acids is 1. The number of amidine groups is 1. The van der Waals surface area contributed by atoms with Crippen LogP contribution in [0.4, 0.5) is 5.13 Å². The van der Waals surface area contributed by atoms with Crippen molar-refractivity contribution in [2.45, 2.75) is 27.7 Å². The van der Waals surface area contributed by atoms with Crippen LogP contribution < -0.4 is 0 Å². The Bertz CT molecular complexity index is 882. The van der Waals surface area contributed by atoms with Gasteiger partial charge in [-0.2, -0.15) is 4.99 Å². The van der Waals surface area contributed by atoms with Crippen LogP contribution in [0, 0.1) is 20.8 Å². The number of aliphatic imine (C=N–C) groups is 1. The molecule has 0 aliphatic carbocycles. The van der Waals surface area contributed by atoms with Gasteiger partial charge in [-0.3, -0.25) is 9.69 Å². The predicted molar refractivity (Wildman–Crippen MR) is 101 cm³/mol. The van der Waals surface area contributed by atoms with E-state index in [1.165, 1.54) is 34.2 Å². The smallest absolute Gasteiger partial charge is 0.266 e. The largest absolute Gasteiger partial charge is 0.289 e. The average molecular weight is 358 g/mol. The summed E-state index contributed by atoms with van der Waals surface area (Å²) in [4.78, 5) is 19.4. The molecule has 2 heterocycles. The van der Waals surface area contributed by atoms with Crippen molar-refractivity contribution in [2.75, 3.05) is 7.05 Å². The van der Waals surface area contributed by atoms with Crippen LogP contribution in [0.1, 0.15) is 28.6 Å². The summed E-state index contributed by atoms with van der Waals surface area (Å²) in [6.07, 6.45) is 0. The second-order valence-corrected chi connectivity index (χ2v) is 7.86. The van der Waals surface area contributed by atoms with Crippen LogP contribution in [0.3, 0.4) is 0 Å². The molecule has 0 atom stereocenters. The van der Waals surface area contributed by atoms with Crippen LogP contribution in [0.15, 0.2) is 28.1 Å². The molecular weight excluding hydrogens is 340 g/mol. The van der Waals surface area contributed by atoms with Gasteiger partial charge in [0.1, 0.15) is 5.01 Å². The molecule has 0 saturated carbocycles. The zero-order chi connectivity index (χ0) is 17.4. The Morgan fingerprint density at radius 1 is 1.17 bits per heavy atom. The number of thioether (sulfide) groups is 1. The lowest BCUT2D eigenvalue weighted by molar-refractivity contribution is -0.121. The van der Waals surface area contributed by atoms with Gasteiger partial charge in [-0.05, 0) is 61.7 Å². The first kappa shape index (κ1) is 16.9. The topological polar surface area (TPSA) is 58.5 Å². The Balaban J connectivity index is 1.98. The first-order valence-corrected chi connectivity index (χ1v) is 9.13. The number of rotatable bonds is 2. The van der Waals surface area contributed by atoms with Crippen molar-refractivity contribution >= 4 is 44.9 Å². The lowest BCUT2D eigenvalue weighted by Crippen LogP contribution is -2.23. The van der Waals surface area contributed by atoms with Crippen molar-refractivity contribution < 1.29 is 4.79 Å². The quantitative estimate of drug-likeness (QED) is 0.759. The van der Waals surface area contributed by atoms with Crippen molar-refractivity contribution in [3.8, 4) is 0 Å². The van der Waals surface area contributed by atoms with Gasteiger partial charge in [-0.15, -0.1) is 10.2 Å². The van der Waals surface area contributed by atoms with Gasteiger partial charge in [0, 0.05) is 7.05 Å². The van der Waals surface area contributed by atoms with Gasteiger partial charge in [0.15, 0.2) is 5.17 Å². The maximum atomic E-state index is 12.6. The molecule has 1 fully saturated rings. The van der Waals surface area contributed by atoms with Gasteiger partial charge < -0.3 is 0 Å². The predicted octanol–water partition coefficient (Wildman–Crippen LogP) is 4.09. The molecular formula is C17H18N4OS2. The molecule has 3 rings (SSSR count). The highest BCUT2D eigenvalue weighted by atomic mass is 32.2. The molecule has 1 aromatic carbocycles. The number of likely N-dealkylation sites (N-methyl/N-ethyl adjacent to an activating group) is 1. The molecule has 1 amide bonds. The second kappa shape index (κ2) is 6.49. The molecule has 1 aliphatic heterocycles. The number of hydrogen-bond acceptors (Lipinski definition) is 6.